The van der Waals surface area contributed by atoms with Crippen molar-refractivity contribution in [1.82, 2.24) is 4.90 Å². The number of rotatable bonds is 2. The molecule has 1 N–H and O–H groups in total. The largest absolute Gasteiger partial charge is 0.389 e. The molecule has 0 aromatic carbocycles. The first-order valence-corrected chi connectivity index (χ1v) is 7.86. The zero-order valence-corrected chi connectivity index (χ0v) is 11.9. The van der Waals surface area contributed by atoms with Gasteiger partial charge in [-0.3, -0.25) is 4.90 Å². The van der Waals surface area contributed by atoms with Crippen LogP contribution >= 0.6 is 11.8 Å². The Hall–Kier alpha value is 0.0100. The van der Waals surface area contributed by atoms with Gasteiger partial charge in [-0.1, -0.05) is 12.2 Å². The van der Waals surface area contributed by atoms with Crippen LogP contribution in [-0.4, -0.2) is 46.2 Å². The van der Waals surface area contributed by atoms with E-state index in [1.807, 2.05) is 18.7 Å². The van der Waals surface area contributed by atoms with Gasteiger partial charge >= 0.3 is 0 Å². The van der Waals surface area contributed by atoms with Crippen molar-refractivity contribution >= 4 is 11.8 Å². The number of thioether (sulfide) groups is 1. The van der Waals surface area contributed by atoms with Gasteiger partial charge < -0.3 is 5.11 Å². The van der Waals surface area contributed by atoms with E-state index in [1.54, 1.807) is 0 Å². The van der Waals surface area contributed by atoms with E-state index >= 15 is 0 Å². The summed E-state index contributed by atoms with van der Waals surface area (Å²) in [4.78, 5) is 2.51. The number of nitrogens with zero attached hydrogens (tertiary/aromatic N) is 1. The average Bonchev–Trinajstić information content (AvgIpc) is 2.29. The predicted molar refractivity (Wildman–Crippen MR) is 75.5 cm³/mol. The lowest BCUT2D eigenvalue weighted by molar-refractivity contribution is -0.0666. The van der Waals surface area contributed by atoms with Gasteiger partial charge in [0.2, 0.25) is 0 Å². The van der Waals surface area contributed by atoms with Gasteiger partial charge in [-0.15, -0.1) is 0 Å². The van der Waals surface area contributed by atoms with Crippen molar-refractivity contribution < 1.29 is 5.11 Å². The molecule has 1 saturated heterocycles. The highest BCUT2D eigenvalue weighted by Crippen LogP contribution is 2.38. The Balaban J connectivity index is 2.06. The molecule has 0 unspecified atom stereocenters. The van der Waals surface area contributed by atoms with Crippen molar-refractivity contribution in [2.75, 3.05) is 24.6 Å². The third kappa shape index (κ3) is 3.07. The van der Waals surface area contributed by atoms with Crippen LogP contribution in [0.4, 0.5) is 0 Å². The first-order chi connectivity index (χ1) is 8.00. The summed E-state index contributed by atoms with van der Waals surface area (Å²) in [5.41, 5.74) is 0.783. The molecule has 3 atom stereocenters. The van der Waals surface area contributed by atoms with Gasteiger partial charge in [0, 0.05) is 30.6 Å². The molecule has 3 heteroatoms. The third-order valence-electron chi connectivity index (χ3n) is 4.41. The van der Waals surface area contributed by atoms with Gasteiger partial charge in [-0.05, 0) is 39.0 Å². The Morgan fingerprint density at radius 3 is 2.65 bits per heavy atom. The Morgan fingerprint density at radius 2 is 2.06 bits per heavy atom. The Labute approximate surface area is 109 Å². The molecule has 0 bridgehead atoms. The summed E-state index contributed by atoms with van der Waals surface area (Å²) in [6.07, 6.45) is 3.10. The van der Waals surface area contributed by atoms with E-state index in [0.29, 0.717) is 12.0 Å². The zero-order valence-electron chi connectivity index (χ0n) is 11.1. The van der Waals surface area contributed by atoms with Crippen LogP contribution in [0.25, 0.3) is 0 Å². The summed E-state index contributed by atoms with van der Waals surface area (Å²) < 4.78 is 0. The van der Waals surface area contributed by atoms with Gasteiger partial charge in [0.15, 0.2) is 0 Å². The topological polar surface area (TPSA) is 23.5 Å². The lowest BCUT2D eigenvalue weighted by Crippen LogP contribution is -2.56. The number of hydrogen-bond donors (Lipinski definition) is 1. The third-order valence-corrected chi connectivity index (χ3v) is 5.35. The van der Waals surface area contributed by atoms with Crippen LogP contribution in [0.15, 0.2) is 12.2 Å². The van der Waals surface area contributed by atoms with Crippen LogP contribution in [0.1, 0.15) is 33.1 Å². The van der Waals surface area contributed by atoms with Gasteiger partial charge in [0.25, 0.3) is 0 Å². The first kappa shape index (κ1) is 13.4. The van der Waals surface area contributed by atoms with Crippen molar-refractivity contribution in [2.45, 2.75) is 44.8 Å². The minimum absolute atomic E-state index is 0.332. The number of aliphatic hydroxyl groups is 1. The molecule has 1 heterocycles. The summed E-state index contributed by atoms with van der Waals surface area (Å²) in [7, 11) is 0. The van der Waals surface area contributed by atoms with Crippen LogP contribution < -0.4 is 0 Å². The van der Waals surface area contributed by atoms with Gasteiger partial charge in [-0.25, -0.2) is 0 Å². The zero-order chi connectivity index (χ0) is 12.5. The molecule has 2 fully saturated rings. The fraction of sp³-hybridized carbons (Fsp3) is 0.857. The summed E-state index contributed by atoms with van der Waals surface area (Å²) in [5, 5.41) is 10.6. The highest BCUT2D eigenvalue weighted by Gasteiger charge is 2.41. The maximum Gasteiger partial charge on any atom is 0.0774 e. The van der Waals surface area contributed by atoms with E-state index in [4.69, 9.17) is 0 Å². The SMILES string of the molecule is C=C(C)[C@@H]1CC[C@](C)(O)[C@@H](N2CCSCC2)C1. The number of hydrogen-bond acceptors (Lipinski definition) is 3. The molecule has 1 saturated carbocycles. The first-order valence-electron chi connectivity index (χ1n) is 6.70. The Kier molecular flexibility index (Phi) is 4.22. The summed E-state index contributed by atoms with van der Waals surface area (Å²) >= 11 is 2.03. The molecule has 2 aliphatic rings. The van der Waals surface area contributed by atoms with Crippen LogP contribution in [0, 0.1) is 5.92 Å². The van der Waals surface area contributed by atoms with Gasteiger partial charge in [0.1, 0.15) is 0 Å². The molecule has 0 amide bonds. The second-order valence-corrected chi connectivity index (χ2v) is 7.06. The second-order valence-electron chi connectivity index (χ2n) is 5.84. The molecular formula is C14H25NOS. The quantitative estimate of drug-likeness (QED) is 0.767. The molecular weight excluding hydrogens is 230 g/mol. The maximum atomic E-state index is 10.6. The monoisotopic (exact) mass is 255 g/mol. The predicted octanol–water partition coefficient (Wildman–Crippen LogP) is 2.53. The maximum absolute atomic E-state index is 10.6. The van der Waals surface area contributed by atoms with Crippen LogP contribution in [0.3, 0.4) is 0 Å². The van der Waals surface area contributed by atoms with Crippen molar-refractivity contribution in [1.29, 1.82) is 0 Å². The molecule has 98 valence electrons. The van der Waals surface area contributed by atoms with Crippen LogP contribution in [-0.2, 0) is 0 Å². The molecule has 2 rings (SSSR count). The normalized spacial score (nSPS) is 40.2. The van der Waals surface area contributed by atoms with E-state index < -0.39 is 5.60 Å². The van der Waals surface area contributed by atoms with Crippen molar-refractivity contribution in [3.8, 4) is 0 Å². The number of allylic oxidation sites excluding steroid dienone is 1. The lowest BCUT2D eigenvalue weighted by atomic mass is 9.73. The van der Waals surface area contributed by atoms with Crippen molar-refractivity contribution in [2.24, 2.45) is 5.92 Å². The fourth-order valence-electron chi connectivity index (χ4n) is 3.15. The van der Waals surface area contributed by atoms with E-state index in [0.717, 1.165) is 32.4 Å². The minimum Gasteiger partial charge on any atom is -0.389 e. The highest BCUT2D eigenvalue weighted by atomic mass is 32.2. The van der Waals surface area contributed by atoms with Gasteiger partial charge in [0.05, 0.1) is 5.60 Å². The molecule has 2 nitrogen and oxygen atoms in total. The summed E-state index contributed by atoms with van der Waals surface area (Å²) in [6, 6.07) is 0.332. The van der Waals surface area contributed by atoms with Crippen molar-refractivity contribution in [3.05, 3.63) is 12.2 Å². The molecule has 1 aliphatic carbocycles. The fourth-order valence-corrected chi connectivity index (χ4v) is 4.08. The van der Waals surface area contributed by atoms with E-state index in [2.05, 4.69) is 18.4 Å². The van der Waals surface area contributed by atoms with Crippen LogP contribution in [0.2, 0.25) is 0 Å². The molecule has 0 radical (unpaired) electrons. The van der Waals surface area contributed by atoms with E-state index in [1.165, 1.54) is 17.1 Å². The average molecular weight is 255 g/mol. The minimum atomic E-state index is -0.506. The molecule has 0 aromatic rings. The standard InChI is InChI=1S/C14H25NOS/c1-11(2)12-4-5-14(3,16)13(10-12)15-6-8-17-9-7-15/h12-13,16H,1,4-10H2,2-3H3/t12-,13+,14+/m1/s1. The summed E-state index contributed by atoms with van der Waals surface area (Å²) in [6.45, 7) is 10.5. The Morgan fingerprint density at radius 1 is 1.41 bits per heavy atom. The molecule has 17 heavy (non-hydrogen) atoms. The highest BCUT2D eigenvalue weighted by molar-refractivity contribution is 7.99. The van der Waals surface area contributed by atoms with Crippen LogP contribution in [0.5, 0.6) is 0 Å². The van der Waals surface area contributed by atoms with Gasteiger partial charge in [-0.2, -0.15) is 11.8 Å². The lowest BCUT2D eigenvalue weighted by Gasteiger charge is -2.47. The molecule has 1 aliphatic heterocycles. The Bertz CT molecular complexity index is 284. The molecule has 0 spiro atoms. The van der Waals surface area contributed by atoms with Crippen molar-refractivity contribution in [3.63, 3.8) is 0 Å². The smallest absolute Gasteiger partial charge is 0.0774 e. The van der Waals surface area contributed by atoms with E-state index in [9.17, 15) is 5.11 Å². The summed E-state index contributed by atoms with van der Waals surface area (Å²) in [5.74, 6) is 3.03. The molecule has 0 aromatic heterocycles. The second kappa shape index (κ2) is 5.33. The van der Waals surface area contributed by atoms with E-state index in [-0.39, 0.29) is 0 Å².